The van der Waals surface area contributed by atoms with E-state index in [1.165, 1.54) is 12.7 Å². The Kier molecular flexibility index (Phi) is 15.7. The molecule has 356 valence electrons. The Labute approximate surface area is 378 Å². The van der Waals surface area contributed by atoms with Crippen molar-refractivity contribution in [3.8, 4) is 0 Å². The number of rotatable bonds is 20. The van der Waals surface area contributed by atoms with Gasteiger partial charge in [-0.1, -0.05) is 72.5 Å². The van der Waals surface area contributed by atoms with Crippen LogP contribution in [-0.4, -0.2) is 66.5 Å². The molecule has 0 radical (unpaired) electrons. The van der Waals surface area contributed by atoms with E-state index in [1.54, 1.807) is 13.8 Å². The molecule has 0 unspecified atom stereocenters. The molecule has 63 heavy (non-hydrogen) atoms. The number of carbonyl (C=O) groups excluding carboxylic acids is 5. The highest BCUT2D eigenvalue weighted by atomic mass is 16.5. The topological polar surface area (TPSA) is 191 Å². The molecule has 5 aliphatic carbocycles. The average molecular weight is 882 g/mol. The van der Waals surface area contributed by atoms with E-state index in [0.717, 1.165) is 96.3 Å². The van der Waals surface area contributed by atoms with Crippen molar-refractivity contribution in [2.75, 3.05) is 13.7 Å². The molecule has 5 N–H and O–H groups in total. The minimum atomic E-state index is -1.17. The third kappa shape index (κ3) is 9.90. The minimum Gasteiger partial charge on any atom is -0.481 e. The van der Waals surface area contributed by atoms with Gasteiger partial charge in [0.2, 0.25) is 17.7 Å². The first-order chi connectivity index (χ1) is 29.4. The number of fused-ring (bicyclic) bond motifs is 7. The molecule has 0 bridgehead atoms. The van der Waals surface area contributed by atoms with Gasteiger partial charge in [0.05, 0.1) is 24.4 Å². The standard InChI is InChI=1S/C51H83N3O9/c1-32(2)33-22-27-51(44(59)53-30-16-14-12-11-13-15-17-40(56)54-35(43(58)62-10)19-21-39(52)55)29-28-49(8)34(42(33)51)18-20-37-48(7)25-24-38(63-41(57)31-46(3,4)45(60)61)47(5,6)36(48)23-26-50(37,49)9/h33-38,42H,1,11-31H2,2-10H3,(H2,52,55)(H,53,59)(H,54,56)(H,60,61)/t33-,34+,35-,36-,37+,38-,42+,48-,49+,50+,51-/m0/s1. The van der Waals surface area contributed by atoms with Gasteiger partial charge in [-0.15, -0.1) is 0 Å². The molecule has 5 fully saturated rings. The second kappa shape index (κ2) is 19.6. The van der Waals surface area contributed by atoms with E-state index in [-0.39, 0.29) is 70.2 Å². The van der Waals surface area contributed by atoms with Crippen molar-refractivity contribution in [1.29, 1.82) is 0 Å². The van der Waals surface area contributed by atoms with Gasteiger partial charge in [-0.25, -0.2) is 4.79 Å². The number of primary amides is 1. The Morgan fingerprint density at radius 2 is 1.48 bits per heavy atom. The van der Waals surface area contributed by atoms with Gasteiger partial charge in [0, 0.05) is 24.8 Å². The van der Waals surface area contributed by atoms with Gasteiger partial charge in [-0.2, -0.15) is 0 Å². The van der Waals surface area contributed by atoms with Crippen LogP contribution in [0.5, 0.6) is 0 Å². The lowest BCUT2D eigenvalue weighted by Gasteiger charge is -2.72. The smallest absolute Gasteiger partial charge is 0.328 e. The van der Waals surface area contributed by atoms with Crippen molar-refractivity contribution in [2.45, 2.75) is 196 Å². The highest BCUT2D eigenvalue weighted by Gasteiger charge is 2.72. The lowest BCUT2D eigenvalue weighted by molar-refractivity contribution is -0.249. The molecular formula is C51H83N3O9. The Bertz CT molecular complexity index is 1740. The zero-order valence-corrected chi connectivity index (χ0v) is 40.4. The van der Waals surface area contributed by atoms with Gasteiger partial charge in [0.1, 0.15) is 12.1 Å². The van der Waals surface area contributed by atoms with Crippen molar-refractivity contribution < 1.29 is 43.3 Å². The normalized spacial score (nSPS) is 34.7. The van der Waals surface area contributed by atoms with Crippen LogP contribution in [0.15, 0.2) is 12.2 Å². The predicted molar refractivity (Wildman–Crippen MR) is 243 cm³/mol. The lowest BCUT2D eigenvalue weighted by atomic mass is 9.32. The van der Waals surface area contributed by atoms with E-state index in [1.807, 2.05) is 0 Å². The number of carbonyl (C=O) groups is 6. The van der Waals surface area contributed by atoms with Gasteiger partial charge in [-0.05, 0) is 150 Å². The van der Waals surface area contributed by atoms with Crippen LogP contribution < -0.4 is 16.4 Å². The van der Waals surface area contributed by atoms with E-state index >= 15 is 0 Å². The number of methoxy groups -OCH3 is 1. The number of hydrogen-bond donors (Lipinski definition) is 4. The Balaban J connectivity index is 1.16. The molecule has 12 nitrogen and oxygen atoms in total. The van der Waals surface area contributed by atoms with E-state index in [4.69, 9.17) is 15.2 Å². The van der Waals surface area contributed by atoms with Crippen molar-refractivity contribution >= 4 is 35.6 Å². The largest absolute Gasteiger partial charge is 0.481 e. The monoisotopic (exact) mass is 882 g/mol. The molecule has 5 saturated carbocycles. The minimum absolute atomic E-state index is 0.0118. The van der Waals surface area contributed by atoms with Crippen LogP contribution in [-0.2, 0) is 38.2 Å². The number of ether oxygens (including phenoxy) is 2. The molecule has 0 spiro atoms. The summed E-state index contributed by atoms with van der Waals surface area (Å²) in [6, 6.07) is -0.879. The van der Waals surface area contributed by atoms with Crippen molar-refractivity contribution in [2.24, 2.45) is 67.8 Å². The molecule has 5 rings (SSSR count). The summed E-state index contributed by atoms with van der Waals surface area (Å²) < 4.78 is 10.9. The summed E-state index contributed by atoms with van der Waals surface area (Å²) in [5.74, 6) is -0.573. The van der Waals surface area contributed by atoms with Crippen molar-refractivity contribution in [3.05, 3.63) is 12.2 Å². The summed E-state index contributed by atoms with van der Waals surface area (Å²) in [5.41, 5.74) is 4.92. The average Bonchev–Trinajstić information content (AvgIpc) is 3.61. The predicted octanol–water partition coefficient (Wildman–Crippen LogP) is 8.83. The maximum atomic E-state index is 14.6. The molecule has 0 aromatic rings. The Morgan fingerprint density at radius 3 is 2.11 bits per heavy atom. The fraction of sp³-hybridized carbons (Fsp3) is 0.843. The molecule has 12 heteroatoms. The number of hydrogen-bond acceptors (Lipinski definition) is 8. The first kappa shape index (κ1) is 50.6. The first-order valence-corrected chi connectivity index (χ1v) is 24.4. The molecule has 0 aliphatic heterocycles. The fourth-order valence-electron chi connectivity index (χ4n) is 14.8. The SMILES string of the molecule is C=C(C)[C@@H]1CC[C@]2(C(=O)NCCCCCCCCC(=O)N[C@@H](CCC(N)=O)C(=O)OC)CC[C@]3(C)[C@H](CC[C@@H]4[C@@]5(C)CC[C@H](OC(=O)CC(C)(C)C(=O)O)C(C)(C)[C@@H]5CC[C@]43C)[C@@H]12. The third-order valence-electron chi connectivity index (χ3n) is 18.5. The third-order valence-corrected chi connectivity index (χ3v) is 18.5. The molecule has 0 saturated heterocycles. The van der Waals surface area contributed by atoms with Gasteiger partial charge < -0.3 is 30.9 Å². The van der Waals surface area contributed by atoms with Crippen molar-refractivity contribution in [3.63, 3.8) is 0 Å². The van der Waals surface area contributed by atoms with Crippen molar-refractivity contribution in [1.82, 2.24) is 10.6 Å². The first-order valence-electron chi connectivity index (χ1n) is 24.4. The summed E-state index contributed by atoms with van der Waals surface area (Å²) in [7, 11) is 1.25. The van der Waals surface area contributed by atoms with Gasteiger partial charge in [-0.3, -0.25) is 24.0 Å². The summed E-state index contributed by atoms with van der Waals surface area (Å²) in [4.78, 5) is 75.1. The maximum absolute atomic E-state index is 14.6. The molecule has 0 aromatic heterocycles. The number of esters is 2. The number of aliphatic carboxylic acids is 1. The number of carboxylic acid groups (broad SMARTS) is 1. The molecule has 11 atom stereocenters. The van der Waals surface area contributed by atoms with Crippen LogP contribution in [0.4, 0.5) is 0 Å². The number of amides is 3. The van der Waals surface area contributed by atoms with Crippen LogP contribution in [0.2, 0.25) is 0 Å². The highest BCUT2D eigenvalue weighted by Crippen LogP contribution is 2.77. The van der Waals surface area contributed by atoms with Crippen LogP contribution in [0.25, 0.3) is 0 Å². The van der Waals surface area contributed by atoms with E-state index < -0.39 is 35.3 Å². The van der Waals surface area contributed by atoms with E-state index in [2.05, 4.69) is 58.8 Å². The zero-order chi connectivity index (χ0) is 46.8. The summed E-state index contributed by atoms with van der Waals surface area (Å²) in [6.07, 6.45) is 15.6. The summed E-state index contributed by atoms with van der Waals surface area (Å²) in [6.45, 7) is 22.8. The Morgan fingerprint density at radius 1 is 0.810 bits per heavy atom. The van der Waals surface area contributed by atoms with Crippen LogP contribution in [0, 0.1) is 62.1 Å². The number of nitrogens with one attached hydrogen (secondary N) is 2. The van der Waals surface area contributed by atoms with Gasteiger partial charge >= 0.3 is 17.9 Å². The van der Waals surface area contributed by atoms with Crippen LogP contribution in [0.3, 0.4) is 0 Å². The molecular weight excluding hydrogens is 799 g/mol. The second-order valence-electron chi connectivity index (χ2n) is 22.8. The quantitative estimate of drug-likeness (QED) is 0.0526. The molecule has 0 heterocycles. The van der Waals surface area contributed by atoms with E-state index in [0.29, 0.717) is 43.1 Å². The summed E-state index contributed by atoms with van der Waals surface area (Å²) >= 11 is 0. The number of unbranched alkanes of at least 4 members (excludes halogenated alkanes) is 5. The van der Waals surface area contributed by atoms with Gasteiger partial charge in [0.15, 0.2) is 0 Å². The van der Waals surface area contributed by atoms with E-state index in [9.17, 15) is 33.9 Å². The zero-order valence-electron chi connectivity index (χ0n) is 40.4. The van der Waals surface area contributed by atoms with Crippen LogP contribution in [0.1, 0.15) is 184 Å². The molecule has 5 aliphatic rings. The fourth-order valence-corrected chi connectivity index (χ4v) is 14.8. The second-order valence-corrected chi connectivity index (χ2v) is 22.8. The van der Waals surface area contributed by atoms with Crippen LogP contribution >= 0.6 is 0 Å². The number of allylic oxidation sites excluding steroid dienone is 1. The molecule has 3 amide bonds. The number of nitrogens with two attached hydrogens (primary N) is 1. The highest BCUT2D eigenvalue weighted by molar-refractivity contribution is 5.85. The lowest BCUT2D eigenvalue weighted by Crippen LogP contribution is -2.67. The Hall–Kier alpha value is -3.44. The maximum Gasteiger partial charge on any atom is 0.328 e. The van der Waals surface area contributed by atoms with Gasteiger partial charge in [0.25, 0.3) is 0 Å². The number of carboxylic acids is 1. The molecule has 0 aromatic carbocycles. The summed E-state index contributed by atoms with van der Waals surface area (Å²) in [5, 5.41) is 15.8.